The molecular weight excluding hydrogens is 502 g/mol. The summed E-state index contributed by atoms with van der Waals surface area (Å²) in [4.78, 5) is 11.4. The molecule has 38 heavy (non-hydrogen) atoms. The number of methoxy groups -OCH3 is 1. The molecule has 0 unspecified atom stereocenters. The highest BCUT2D eigenvalue weighted by molar-refractivity contribution is 6.03. The van der Waals surface area contributed by atoms with Crippen molar-refractivity contribution in [2.45, 2.75) is 38.6 Å². The topological polar surface area (TPSA) is 60.7 Å². The Balaban J connectivity index is 2.07. The Morgan fingerprint density at radius 3 is 2.21 bits per heavy atom. The summed E-state index contributed by atoms with van der Waals surface area (Å²) in [6.07, 6.45) is -4.58. The Hall–Kier alpha value is -3.85. The van der Waals surface area contributed by atoms with Gasteiger partial charge in [-0.3, -0.25) is 0 Å². The number of hydrogen-bond acceptors (Lipinski definition) is 3. The maximum absolute atomic E-state index is 15.4. The number of carbonyl (C=O) groups is 1. The van der Waals surface area contributed by atoms with E-state index in [1.165, 1.54) is 37.4 Å². The molecule has 0 atom stereocenters. The summed E-state index contributed by atoms with van der Waals surface area (Å²) >= 11 is 0. The molecule has 0 spiro atoms. The lowest BCUT2D eigenvalue weighted by molar-refractivity contribution is -0.140. The number of ether oxygens (including phenoxy) is 2. The van der Waals surface area contributed by atoms with Crippen LogP contribution in [0.15, 0.2) is 66.7 Å². The lowest BCUT2D eigenvalue weighted by Gasteiger charge is -2.28. The summed E-state index contributed by atoms with van der Waals surface area (Å²) in [7, 11) is 1.45. The van der Waals surface area contributed by atoms with Crippen LogP contribution in [0, 0.1) is 5.82 Å². The fourth-order valence-electron chi connectivity index (χ4n) is 4.80. The molecule has 0 saturated carbocycles. The van der Waals surface area contributed by atoms with Gasteiger partial charge in [0.2, 0.25) is 0 Å². The van der Waals surface area contributed by atoms with Gasteiger partial charge >= 0.3 is 12.1 Å². The van der Waals surface area contributed by atoms with Gasteiger partial charge in [0.15, 0.2) is 11.6 Å². The van der Waals surface area contributed by atoms with Crippen LogP contribution in [0.1, 0.15) is 35.5 Å². The van der Waals surface area contributed by atoms with Gasteiger partial charge in [-0.25, -0.2) is 9.18 Å². The molecule has 0 fully saturated rings. The van der Waals surface area contributed by atoms with Crippen LogP contribution in [0.2, 0.25) is 0 Å². The van der Waals surface area contributed by atoms with Gasteiger partial charge in [-0.1, -0.05) is 56.3 Å². The van der Waals surface area contributed by atoms with E-state index in [4.69, 9.17) is 9.47 Å². The molecule has 0 radical (unpaired) electrons. The number of aromatic nitrogens is 1. The second kappa shape index (κ2) is 10.5. The van der Waals surface area contributed by atoms with Crippen LogP contribution < -0.4 is 4.74 Å². The summed E-state index contributed by atoms with van der Waals surface area (Å²) in [5.41, 5.74) is 0.977. The van der Waals surface area contributed by atoms with Gasteiger partial charge in [-0.2, -0.15) is 13.2 Å². The third-order valence-electron chi connectivity index (χ3n) is 6.27. The number of benzene rings is 3. The molecule has 3 aromatic carbocycles. The number of nitrogens with zero attached hydrogens (tertiary/aromatic N) is 1. The van der Waals surface area contributed by atoms with Crippen LogP contribution in [-0.2, 0) is 23.3 Å². The minimum Gasteiger partial charge on any atom is -0.485 e. The molecule has 9 heteroatoms. The second-order valence-corrected chi connectivity index (χ2v) is 9.67. The Kier molecular flexibility index (Phi) is 7.51. The summed E-state index contributed by atoms with van der Waals surface area (Å²) in [5, 5.41) is 9.52. The number of alkyl halides is 3. The molecule has 1 heterocycles. The molecule has 0 aliphatic carbocycles. The van der Waals surface area contributed by atoms with Crippen molar-refractivity contribution < 1.29 is 36.9 Å². The molecular formula is C29H27F4NO4. The van der Waals surface area contributed by atoms with Gasteiger partial charge in [0, 0.05) is 23.8 Å². The highest BCUT2D eigenvalue weighted by atomic mass is 19.4. The van der Waals surface area contributed by atoms with E-state index in [1.807, 2.05) is 6.07 Å². The van der Waals surface area contributed by atoms with E-state index in [1.54, 1.807) is 38.1 Å². The highest BCUT2D eigenvalue weighted by Gasteiger charge is 2.38. The first-order valence-corrected chi connectivity index (χ1v) is 11.8. The molecule has 0 saturated heterocycles. The first-order valence-electron chi connectivity index (χ1n) is 11.8. The average molecular weight is 530 g/mol. The summed E-state index contributed by atoms with van der Waals surface area (Å²) in [5.74, 6) is -2.05. The van der Waals surface area contributed by atoms with Gasteiger partial charge in [0.1, 0.15) is 13.2 Å². The molecule has 200 valence electrons. The highest BCUT2D eigenvalue weighted by Crippen LogP contribution is 2.47. The Bertz CT molecular complexity index is 1440. The summed E-state index contributed by atoms with van der Waals surface area (Å²) in [6.45, 7) is 2.24. The van der Waals surface area contributed by atoms with E-state index in [0.717, 1.165) is 16.2 Å². The molecule has 0 amide bonds. The SMILES string of the molecule is COCC(C)(C)c1c(-c2ccc(C(=O)O)cc2)c2c(OCc3ccccc3)c(F)ccc2n1CC(F)(F)F. The van der Waals surface area contributed by atoms with Crippen LogP contribution in [-0.4, -0.2) is 35.5 Å². The average Bonchev–Trinajstić information content (AvgIpc) is 3.17. The first-order chi connectivity index (χ1) is 17.9. The van der Waals surface area contributed by atoms with E-state index >= 15 is 4.39 Å². The van der Waals surface area contributed by atoms with Crippen LogP contribution >= 0.6 is 0 Å². The minimum absolute atomic E-state index is 0.00445. The molecule has 5 nitrogen and oxygen atoms in total. The molecule has 1 N–H and O–H groups in total. The fourth-order valence-corrected chi connectivity index (χ4v) is 4.80. The Labute approximate surface area is 217 Å². The molecule has 0 bridgehead atoms. The van der Waals surface area contributed by atoms with Crippen molar-refractivity contribution in [1.82, 2.24) is 4.57 Å². The molecule has 0 aliphatic heterocycles. The zero-order chi connectivity index (χ0) is 27.7. The van der Waals surface area contributed by atoms with Crippen LogP contribution in [0.4, 0.5) is 17.6 Å². The van der Waals surface area contributed by atoms with Gasteiger partial charge in [0.25, 0.3) is 0 Å². The van der Waals surface area contributed by atoms with E-state index in [9.17, 15) is 23.1 Å². The van der Waals surface area contributed by atoms with Crippen molar-refractivity contribution in [3.8, 4) is 16.9 Å². The number of rotatable bonds is 9. The van der Waals surface area contributed by atoms with Crippen LogP contribution in [0.3, 0.4) is 0 Å². The maximum atomic E-state index is 15.4. The number of carboxylic acid groups (broad SMARTS) is 1. The Morgan fingerprint density at radius 1 is 0.974 bits per heavy atom. The lowest BCUT2D eigenvalue weighted by atomic mass is 9.84. The number of hydrogen-bond donors (Lipinski definition) is 1. The van der Waals surface area contributed by atoms with E-state index in [-0.39, 0.29) is 41.1 Å². The molecule has 4 rings (SSSR count). The van der Waals surface area contributed by atoms with E-state index < -0.39 is 29.9 Å². The maximum Gasteiger partial charge on any atom is 0.406 e. The minimum atomic E-state index is -4.58. The van der Waals surface area contributed by atoms with Crippen LogP contribution in [0.5, 0.6) is 5.75 Å². The normalized spacial score (nSPS) is 12.2. The summed E-state index contributed by atoms with van der Waals surface area (Å²) in [6, 6.07) is 17.2. The third kappa shape index (κ3) is 5.52. The lowest BCUT2D eigenvalue weighted by Crippen LogP contribution is -2.30. The predicted octanol–water partition coefficient (Wildman–Crippen LogP) is 7.21. The van der Waals surface area contributed by atoms with Crippen molar-refractivity contribution >= 4 is 16.9 Å². The molecule has 1 aromatic heterocycles. The largest absolute Gasteiger partial charge is 0.485 e. The van der Waals surface area contributed by atoms with E-state index in [0.29, 0.717) is 11.1 Å². The number of halogens is 4. The molecule has 4 aromatic rings. The van der Waals surface area contributed by atoms with Crippen molar-refractivity contribution in [3.05, 3.63) is 89.4 Å². The zero-order valence-electron chi connectivity index (χ0n) is 21.1. The fraction of sp³-hybridized carbons (Fsp3) is 0.276. The third-order valence-corrected chi connectivity index (χ3v) is 6.27. The molecule has 0 aliphatic rings. The number of fused-ring (bicyclic) bond motifs is 1. The van der Waals surface area contributed by atoms with E-state index in [2.05, 4.69) is 0 Å². The van der Waals surface area contributed by atoms with Crippen LogP contribution in [0.25, 0.3) is 22.0 Å². The van der Waals surface area contributed by atoms with Crippen molar-refractivity contribution in [2.75, 3.05) is 13.7 Å². The second-order valence-electron chi connectivity index (χ2n) is 9.67. The summed E-state index contributed by atoms with van der Waals surface area (Å²) < 4.78 is 69.5. The van der Waals surface area contributed by atoms with Crippen molar-refractivity contribution in [2.24, 2.45) is 0 Å². The standard InChI is InChI=1S/C29H27F4NO4/c1-28(2,17-37-3)26-23(19-9-11-20(12-10-19)27(35)36)24-22(34(26)16-29(31,32)33)14-13-21(30)25(24)38-15-18-7-5-4-6-8-18/h4-14H,15-17H2,1-3H3,(H,35,36). The smallest absolute Gasteiger partial charge is 0.406 e. The predicted molar refractivity (Wildman–Crippen MR) is 136 cm³/mol. The van der Waals surface area contributed by atoms with Gasteiger partial charge in [-0.05, 0) is 35.4 Å². The van der Waals surface area contributed by atoms with Gasteiger partial charge < -0.3 is 19.1 Å². The van der Waals surface area contributed by atoms with Crippen molar-refractivity contribution in [1.29, 1.82) is 0 Å². The van der Waals surface area contributed by atoms with Gasteiger partial charge in [-0.15, -0.1) is 0 Å². The quantitative estimate of drug-likeness (QED) is 0.233. The zero-order valence-corrected chi connectivity index (χ0v) is 21.1. The van der Waals surface area contributed by atoms with Gasteiger partial charge in [0.05, 0.1) is 23.1 Å². The number of aromatic carboxylic acids is 1. The number of carboxylic acids is 1. The Morgan fingerprint density at radius 2 is 1.63 bits per heavy atom. The first kappa shape index (κ1) is 27.2. The monoisotopic (exact) mass is 529 g/mol. The van der Waals surface area contributed by atoms with Crippen molar-refractivity contribution in [3.63, 3.8) is 0 Å².